The number of carbonyl (C=O) groups excluding carboxylic acids is 3. The van der Waals surface area contributed by atoms with E-state index in [1.54, 1.807) is 0 Å². The van der Waals surface area contributed by atoms with Gasteiger partial charge in [-0.1, -0.05) is 32.0 Å². The molecule has 0 fully saturated rings. The van der Waals surface area contributed by atoms with Crippen molar-refractivity contribution in [2.24, 2.45) is 33.8 Å². The van der Waals surface area contributed by atoms with Crippen molar-refractivity contribution >= 4 is 40.6 Å². The zero-order chi connectivity index (χ0) is 31.9. The lowest BCUT2D eigenvalue weighted by Gasteiger charge is -2.26. The summed E-state index contributed by atoms with van der Waals surface area (Å²) in [7, 11) is 0. The minimum atomic E-state index is -1.22. The molecule has 0 aliphatic carbocycles. The first-order valence-electron chi connectivity index (χ1n) is 14.6. The Morgan fingerprint density at radius 1 is 0.907 bits per heavy atom. The van der Waals surface area contributed by atoms with Crippen LogP contribution in [-0.2, 0) is 25.6 Å². The Labute approximate surface area is 251 Å². The van der Waals surface area contributed by atoms with Crippen molar-refractivity contribution in [1.82, 2.24) is 20.9 Å². The minimum Gasteiger partial charge on any atom is -0.480 e. The maximum Gasteiger partial charge on any atom is 0.326 e. The molecule has 13 N–H and O–H groups in total. The van der Waals surface area contributed by atoms with Gasteiger partial charge >= 0.3 is 5.97 Å². The zero-order valence-corrected chi connectivity index (χ0v) is 25.0. The molecule has 0 aliphatic heterocycles. The van der Waals surface area contributed by atoms with Crippen LogP contribution in [0.25, 0.3) is 10.9 Å². The average Bonchev–Trinajstić information content (AvgIpc) is 3.35. The molecular weight excluding hydrogens is 554 g/mol. The zero-order valence-electron chi connectivity index (χ0n) is 25.0. The van der Waals surface area contributed by atoms with Gasteiger partial charge in [-0.05, 0) is 69.0 Å². The number of benzene rings is 1. The van der Waals surface area contributed by atoms with Gasteiger partial charge in [0.15, 0.2) is 5.96 Å². The summed E-state index contributed by atoms with van der Waals surface area (Å²) < 4.78 is 0. The standard InChI is InChI=1S/C29H47N9O5/c1-17(2)14-24(38-25(39)20(31)15-18-16-35-21-9-4-3-8-19(18)21)27(41)36-22(10-5-6-12-30)26(40)37-23(28(42)43)11-7-13-34-29(32)33/h3-4,8-9,16-17,20,22-24,35H,5-7,10-15,30-31H2,1-2H3,(H,36,41)(H,37,40)(H,38,39)(H,42,43)(H4,32,33,34). The molecule has 0 saturated heterocycles. The molecule has 0 spiro atoms. The van der Waals surface area contributed by atoms with E-state index in [0.717, 1.165) is 16.5 Å². The Hall–Kier alpha value is -4.17. The van der Waals surface area contributed by atoms with E-state index in [-0.39, 0.29) is 37.7 Å². The van der Waals surface area contributed by atoms with E-state index >= 15 is 0 Å². The molecule has 14 nitrogen and oxygen atoms in total. The number of fused-ring (bicyclic) bond motifs is 1. The van der Waals surface area contributed by atoms with Crippen LogP contribution in [-0.4, -0.2) is 77.0 Å². The van der Waals surface area contributed by atoms with Gasteiger partial charge in [0.05, 0.1) is 6.04 Å². The molecule has 3 amide bonds. The molecule has 1 aromatic heterocycles. The summed E-state index contributed by atoms with van der Waals surface area (Å²) in [6.07, 6.45) is 4.14. The Bertz CT molecular complexity index is 1240. The number of hydrogen-bond acceptors (Lipinski definition) is 7. The topological polar surface area (TPSA) is 257 Å². The Balaban J connectivity index is 2.11. The van der Waals surface area contributed by atoms with E-state index in [4.69, 9.17) is 22.9 Å². The second-order valence-corrected chi connectivity index (χ2v) is 11.1. The summed E-state index contributed by atoms with van der Waals surface area (Å²) in [6, 6.07) is 3.56. The van der Waals surface area contributed by atoms with Gasteiger partial charge in [-0.3, -0.25) is 19.4 Å². The Kier molecular flexibility index (Phi) is 14.4. The van der Waals surface area contributed by atoms with Crippen LogP contribution >= 0.6 is 0 Å². The van der Waals surface area contributed by atoms with Crippen LogP contribution in [0.2, 0.25) is 0 Å². The van der Waals surface area contributed by atoms with Gasteiger partial charge < -0.3 is 49.0 Å². The molecule has 2 aromatic rings. The summed E-state index contributed by atoms with van der Waals surface area (Å²) >= 11 is 0. The fourth-order valence-corrected chi connectivity index (χ4v) is 4.68. The Morgan fingerprint density at radius 2 is 1.53 bits per heavy atom. The van der Waals surface area contributed by atoms with Crippen molar-refractivity contribution in [1.29, 1.82) is 0 Å². The fraction of sp³-hybridized carbons (Fsp3) is 0.552. The summed E-state index contributed by atoms with van der Waals surface area (Å²) in [6.45, 7) is 4.41. The molecule has 1 aromatic carbocycles. The van der Waals surface area contributed by atoms with E-state index < -0.39 is 47.9 Å². The fourth-order valence-electron chi connectivity index (χ4n) is 4.68. The molecule has 4 atom stereocenters. The van der Waals surface area contributed by atoms with Crippen LogP contribution in [0, 0.1) is 5.92 Å². The number of aliphatic imine (C=N–C) groups is 1. The van der Waals surface area contributed by atoms with Crippen LogP contribution in [0.5, 0.6) is 0 Å². The molecule has 2 rings (SSSR count). The number of carboxylic acids is 1. The predicted octanol–water partition coefficient (Wildman–Crippen LogP) is -0.195. The smallest absolute Gasteiger partial charge is 0.326 e. The van der Waals surface area contributed by atoms with Gasteiger partial charge in [0.25, 0.3) is 0 Å². The highest BCUT2D eigenvalue weighted by Gasteiger charge is 2.30. The number of unbranched alkanes of at least 4 members (excludes halogenated alkanes) is 1. The lowest BCUT2D eigenvalue weighted by molar-refractivity contribution is -0.142. The number of aromatic nitrogens is 1. The van der Waals surface area contributed by atoms with Crippen molar-refractivity contribution < 1.29 is 24.3 Å². The molecule has 14 heteroatoms. The number of aromatic amines is 1. The highest BCUT2D eigenvalue weighted by atomic mass is 16.4. The quantitative estimate of drug-likeness (QED) is 0.0586. The number of H-pyrrole nitrogens is 1. The minimum absolute atomic E-state index is 0.0343. The third-order valence-corrected chi connectivity index (χ3v) is 6.93. The average molecular weight is 602 g/mol. The van der Waals surface area contributed by atoms with Crippen LogP contribution in [0.3, 0.4) is 0 Å². The lowest BCUT2D eigenvalue weighted by Crippen LogP contribution is -2.57. The number of aliphatic carboxylic acids is 1. The third kappa shape index (κ3) is 11.9. The molecule has 4 unspecified atom stereocenters. The number of amides is 3. The van der Waals surface area contributed by atoms with Crippen molar-refractivity contribution in [3.8, 4) is 0 Å². The third-order valence-electron chi connectivity index (χ3n) is 6.93. The second kappa shape index (κ2) is 17.7. The predicted molar refractivity (Wildman–Crippen MR) is 166 cm³/mol. The highest BCUT2D eigenvalue weighted by molar-refractivity contribution is 5.94. The number of hydrogen-bond donors (Lipinski definition) is 9. The molecule has 43 heavy (non-hydrogen) atoms. The summed E-state index contributed by atoms with van der Waals surface area (Å²) in [4.78, 5) is 58.5. The van der Waals surface area contributed by atoms with E-state index in [0.29, 0.717) is 32.2 Å². The van der Waals surface area contributed by atoms with Gasteiger partial charge in [-0.15, -0.1) is 0 Å². The lowest BCUT2D eigenvalue weighted by atomic mass is 10.00. The van der Waals surface area contributed by atoms with E-state index in [9.17, 15) is 24.3 Å². The van der Waals surface area contributed by atoms with Crippen molar-refractivity contribution in [3.63, 3.8) is 0 Å². The maximum atomic E-state index is 13.4. The number of carbonyl (C=O) groups is 4. The first kappa shape index (κ1) is 35.0. The molecule has 0 radical (unpaired) electrons. The first-order valence-corrected chi connectivity index (χ1v) is 14.6. The molecule has 1 heterocycles. The monoisotopic (exact) mass is 601 g/mol. The number of rotatable bonds is 19. The number of nitrogens with zero attached hydrogens (tertiary/aromatic N) is 1. The van der Waals surface area contributed by atoms with Crippen LogP contribution < -0.4 is 38.9 Å². The molecular formula is C29H47N9O5. The van der Waals surface area contributed by atoms with Gasteiger partial charge in [0, 0.05) is 23.6 Å². The number of para-hydroxylation sites is 1. The number of carboxylic acid groups (broad SMARTS) is 1. The maximum absolute atomic E-state index is 13.4. The Morgan fingerprint density at radius 3 is 2.19 bits per heavy atom. The number of nitrogens with one attached hydrogen (secondary N) is 4. The van der Waals surface area contributed by atoms with E-state index in [1.165, 1.54) is 0 Å². The van der Waals surface area contributed by atoms with Crippen molar-refractivity contribution in [3.05, 3.63) is 36.0 Å². The number of guanidine groups is 1. The van der Waals surface area contributed by atoms with E-state index in [1.807, 2.05) is 44.3 Å². The summed E-state index contributed by atoms with van der Waals surface area (Å²) in [5.74, 6) is -3.01. The molecule has 0 saturated carbocycles. The van der Waals surface area contributed by atoms with Crippen molar-refractivity contribution in [2.45, 2.75) is 83.0 Å². The van der Waals surface area contributed by atoms with Gasteiger partial charge in [0.2, 0.25) is 17.7 Å². The van der Waals surface area contributed by atoms with Gasteiger partial charge in [0.1, 0.15) is 18.1 Å². The molecule has 0 aliphatic rings. The van der Waals surface area contributed by atoms with Gasteiger partial charge in [-0.25, -0.2) is 4.79 Å². The van der Waals surface area contributed by atoms with Gasteiger partial charge in [-0.2, -0.15) is 0 Å². The first-order chi connectivity index (χ1) is 20.4. The van der Waals surface area contributed by atoms with Crippen molar-refractivity contribution in [2.75, 3.05) is 13.1 Å². The second-order valence-electron chi connectivity index (χ2n) is 11.1. The van der Waals surface area contributed by atoms with Crippen LogP contribution in [0.1, 0.15) is 57.9 Å². The van der Waals surface area contributed by atoms with Crippen LogP contribution in [0.15, 0.2) is 35.5 Å². The normalized spacial score (nSPS) is 14.0. The largest absolute Gasteiger partial charge is 0.480 e. The van der Waals surface area contributed by atoms with Crippen LogP contribution in [0.4, 0.5) is 0 Å². The summed E-state index contributed by atoms with van der Waals surface area (Å²) in [5.41, 5.74) is 24.3. The highest BCUT2D eigenvalue weighted by Crippen LogP contribution is 2.19. The molecule has 238 valence electrons. The SMILES string of the molecule is CC(C)CC(NC(=O)C(N)Cc1c[nH]c2ccccc12)C(=O)NC(CCCCN)C(=O)NC(CCCN=C(N)N)C(=O)O. The van der Waals surface area contributed by atoms with E-state index in [2.05, 4.69) is 25.9 Å². The molecule has 0 bridgehead atoms. The summed E-state index contributed by atoms with van der Waals surface area (Å²) in [5, 5.41) is 18.6. The number of nitrogens with two attached hydrogens (primary N) is 4.